The van der Waals surface area contributed by atoms with Gasteiger partial charge in [-0.2, -0.15) is 0 Å². The van der Waals surface area contributed by atoms with Crippen LogP contribution in [-0.2, 0) is 9.53 Å². The third kappa shape index (κ3) is 1.57. The van der Waals surface area contributed by atoms with Crippen LogP contribution in [-0.4, -0.2) is 22.3 Å². The number of carbonyl (C=O) groups is 1. The van der Waals surface area contributed by atoms with Crippen LogP contribution < -0.4 is 0 Å². The van der Waals surface area contributed by atoms with Gasteiger partial charge in [0.2, 0.25) is 0 Å². The van der Waals surface area contributed by atoms with E-state index in [9.17, 15) is 9.90 Å². The van der Waals surface area contributed by atoms with E-state index >= 15 is 0 Å². The van der Waals surface area contributed by atoms with Crippen molar-refractivity contribution in [3.05, 3.63) is 12.2 Å². The molecule has 0 aromatic carbocycles. The molecule has 1 aliphatic heterocycles. The van der Waals surface area contributed by atoms with Gasteiger partial charge in [0.25, 0.3) is 0 Å². The van der Waals surface area contributed by atoms with Crippen LogP contribution in [0.15, 0.2) is 12.2 Å². The number of ether oxygens (including phenoxy) is 1. The van der Waals surface area contributed by atoms with E-state index in [0.29, 0.717) is 6.42 Å². The van der Waals surface area contributed by atoms with Crippen LogP contribution in [0.5, 0.6) is 0 Å². The zero-order valence-electron chi connectivity index (χ0n) is 7.63. The minimum absolute atomic E-state index is 0.111. The molecule has 0 amide bonds. The van der Waals surface area contributed by atoms with Gasteiger partial charge in [0, 0.05) is 6.42 Å². The lowest BCUT2D eigenvalue weighted by molar-refractivity contribution is -0.228. The van der Waals surface area contributed by atoms with E-state index in [1.165, 1.54) is 12.2 Å². The Morgan fingerprint density at radius 3 is 2.58 bits per heavy atom. The zero-order chi connectivity index (χ0) is 9.41. The monoisotopic (exact) mass is 170 g/mol. The smallest absolute Gasteiger partial charge is 0.186 e. The maximum atomic E-state index is 11.2. The van der Waals surface area contributed by atoms with E-state index in [0.717, 1.165) is 0 Å². The van der Waals surface area contributed by atoms with E-state index in [-0.39, 0.29) is 5.78 Å². The van der Waals surface area contributed by atoms with Crippen LogP contribution in [0.25, 0.3) is 0 Å². The van der Waals surface area contributed by atoms with Gasteiger partial charge in [0.15, 0.2) is 11.6 Å². The second-order valence-electron chi connectivity index (χ2n) is 3.51. The Labute approximate surface area is 72.0 Å². The highest BCUT2D eigenvalue weighted by atomic mass is 16.6. The highest BCUT2D eigenvalue weighted by Gasteiger charge is 2.39. The van der Waals surface area contributed by atoms with Gasteiger partial charge in [-0.15, -0.1) is 0 Å². The van der Waals surface area contributed by atoms with E-state index in [2.05, 4.69) is 0 Å². The molecule has 1 N–H and O–H groups in total. The molecule has 1 aliphatic rings. The Kier molecular flexibility index (Phi) is 2.10. The maximum Gasteiger partial charge on any atom is 0.186 e. The molecule has 3 heteroatoms. The summed E-state index contributed by atoms with van der Waals surface area (Å²) in [5, 5.41) is 9.67. The van der Waals surface area contributed by atoms with Crippen molar-refractivity contribution in [1.29, 1.82) is 0 Å². The maximum absolute atomic E-state index is 11.2. The first kappa shape index (κ1) is 9.42. The van der Waals surface area contributed by atoms with Crippen molar-refractivity contribution < 1.29 is 14.6 Å². The Balaban J connectivity index is 2.93. The average molecular weight is 170 g/mol. The largest absolute Gasteiger partial charge is 0.362 e. The second kappa shape index (κ2) is 2.68. The molecule has 1 atom stereocenters. The lowest BCUT2D eigenvalue weighted by Gasteiger charge is -2.36. The molecular formula is C9H14O3. The van der Waals surface area contributed by atoms with Crippen molar-refractivity contribution in [2.45, 2.75) is 38.6 Å². The van der Waals surface area contributed by atoms with Crippen LogP contribution >= 0.6 is 0 Å². The summed E-state index contributed by atoms with van der Waals surface area (Å²) in [6.07, 6.45) is 3.23. The fraction of sp³-hybridized carbons (Fsp3) is 0.667. The van der Waals surface area contributed by atoms with Crippen molar-refractivity contribution in [3.63, 3.8) is 0 Å². The van der Waals surface area contributed by atoms with Crippen LogP contribution in [0.2, 0.25) is 0 Å². The Bertz CT molecular complexity index is 230. The molecule has 0 aliphatic carbocycles. The van der Waals surface area contributed by atoms with Crippen molar-refractivity contribution in [1.82, 2.24) is 0 Å². The van der Waals surface area contributed by atoms with E-state index < -0.39 is 11.4 Å². The predicted octanol–water partition coefficient (Wildman–Crippen LogP) is 1.02. The number of ketones is 1. The van der Waals surface area contributed by atoms with Gasteiger partial charge in [0.05, 0.1) is 0 Å². The first-order chi connectivity index (χ1) is 5.40. The summed E-state index contributed by atoms with van der Waals surface area (Å²) in [6.45, 7) is 5.11. The third-order valence-electron chi connectivity index (χ3n) is 2.03. The number of hydrogen-bond donors (Lipinski definition) is 1. The summed E-state index contributed by atoms with van der Waals surface area (Å²) >= 11 is 0. The SMILES string of the molecule is CCC1(O)C=CC(=O)C(C)(C)O1. The summed E-state index contributed by atoms with van der Waals surface area (Å²) in [5.74, 6) is -1.38. The van der Waals surface area contributed by atoms with Gasteiger partial charge >= 0.3 is 0 Å². The van der Waals surface area contributed by atoms with E-state index in [1.807, 2.05) is 0 Å². The van der Waals surface area contributed by atoms with Gasteiger partial charge in [0.1, 0.15) is 5.60 Å². The van der Waals surface area contributed by atoms with Crippen LogP contribution in [0, 0.1) is 0 Å². The second-order valence-corrected chi connectivity index (χ2v) is 3.51. The normalized spacial score (nSPS) is 33.8. The Morgan fingerprint density at radius 1 is 1.58 bits per heavy atom. The zero-order valence-corrected chi connectivity index (χ0v) is 7.63. The van der Waals surface area contributed by atoms with Crippen molar-refractivity contribution in [2.24, 2.45) is 0 Å². The molecule has 0 fully saturated rings. The Hall–Kier alpha value is -0.670. The van der Waals surface area contributed by atoms with E-state index in [4.69, 9.17) is 4.74 Å². The summed E-state index contributed by atoms with van der Waals surface area (Å²) in [7, 11) is 0. The lowest BCUT2D eigenvalue weighted by Crippen LogP contribution is -2.47. The molecule has 68 valence electrons. The standard InChI is InChI=1S/C9H14O3/c1-4-9(11)6-5-7(10)8(2,3)12-9/h5-6,11H,4H2,1-3H3. The number of carbonyl (C=O) groups excluding carboxylic acids is 1. The molecule has 12 heavy (non-hydrogen) atoms. The molecular weight excluding hydrogens is 156 g/mol. The fourth-order valence-corrected chi connectivity index (χ4v) is 1.12. The quantitative estimate of drug-likeness (QED) is 0.639. The molecule has 0 saturated carbocycles. The van der Waals surface area contributed by atoms with E-state index in [1.54, 1.807) is 20.8 Å². The van der Waals surface area contributed by atoms with Crippen molar-refractivity contribution in [2.75, 3.05) is 0 Å². The molecule has 0 aromatic rings. The first-order valence-electron chi connectivity index (χ1n) is 4.06. The molecule has 0 saturated heterocycles. The number of rotatable bonds is 1. The van der Waals surface area contributed by atoms with Crippen LogP contribution in [0.3, 0.4) is 0 Å². The minimum atomic E-state index is -1.27. The lowest BCUT2D eigenvalue weighted by atomic mass is 9.97. The molecule has 3 nitrogen and oxygen atoms in total. The minimum Gasteiger partial charge on any atom is -0.362 e. The fourth-order valence-electron chi connectivity index (χ4n) is 1.12. The molecule has 1 rings (SSSR count). The highest BCUT2D eigenvalue weighted by Crippen LogP contribution is 2.28. The van der Waals surface area contributed by atoms with Crippen LogP contribution in [0.1, 0.15) is 27.2 Å². The summed E-state index contributed by atoms with van der Waals surface area (Å²) < 4.78 is 5.24. The van der Waals surface area contributed by atoms with Gasteiger partial charge < -0.3 is 9.84 Å². The predicted molar refractivity (Wildman–Crippen MR) is 44.6 cm³/mol. The van der Waals surface area contributed by atoms with Crippen LogP contribution in [0.4, 0.5) is 0 Å². The van der Waals surface area contributed by atoms with Gasteiger partial charge in [-0.1, -0.05) is 6.92 Å². The third-order valence-corrected chi connectivity index (χ3v) is 2.03. The van der Waals surface area contributed by atoms with Crippen molar-refractivity contribution in [3.8, 4) is 0 Å². The molecule has 1 unspecified atom stereocenters. The summed E-state index contributed by atoms with van der Waals surface area (Å²) in [6, 6.07) is 0. The molecule has 0 spiro atoms. The van der Waals surface area contributed by atoms with Gasteiger partial charge in [-0.3, -0.25) is 4.79 Å². The molecule has 0 aromatic heterocycles. The molecule has 1 heterocycles. The molecule has 0 bridgehead atoms. The number of hydrogen-bond acceptors (Lipinski definition) is 3. The van der Waals surface area contributed by atoms with Gasteiger partial charge in [-0.05, 0) is 26.0 Å². The summed E-state index contributed by atoms with van der Waals surface area (Å²) in [5.41, 5.74) is -0.903. The first-order valence-corrected chi connectivity index (χ1v) is 4.06. The molecule has 0 radical (unpaired) electrons. The van der Waals surface area contributed by atoms with Crippen molar-refractivity contribution >= 4 is 5.78 Å². The van der Waals surface area contributed by atoms with Gasteiger partial charge in [-0.25, -0.2) is 0 Å². The average Bonchev–Trinajstić information content (AvgIpc) is 1.97. The summed E-state index contributed by atoms with van der Waals surface area (Å²) in [4.78, 5) is 11.2. The number of aliphatic hydroxyl groups is 1. The Morgan fingerprint density at radius 2 is 2.17 bits per heavy atom. The highest BCUT2D eigenvalue weighted by molar-refractivity contribution is 5.97. The topological polar surface area (TPSA) is 46.5 Å².